The Balaban J connectivity index is 2.42. The van der Waals surface area contributed by atoms with Gasteiger partial charge in [0.25, 0.3) is 11.5 Å². The van der Waals surface area contributed by atoms with Crippen molar-refractivity contribution in [1.82, 2.24) is 0 Å². The summed E-state index contributed by atoms with van der Waals surface area (Å²) in [6.45, 7) is 1.51. The largest absolute Gasteiger partial charge is 0.505 e. The second-order valence-corrected chi connectivity index (χ2v) is 3.97. The van der Waals surface area contributed by atoms with Crippen molar-refractivity contribution in [3.8, 4) is 5.75 Å². The topological polar surface area (TPSA) is 81.8 Å². The third-order valence-electron chi connectivity index (χ3n) is 2.58. The first-order valence-electron chi connectivity index (χ1n) is 5.08. The highest BCUT2D eigenvalue weighted by atomic mass is 19.1. The van der Waals surface area contributed by atoms with Gasteiger partial charge >= 0.3 is 0 Å². The minimum absolute atomic E-state index is 0.198. The molecule has 0 saturated carbocycles. The van der Waals surface area contributed by atoms with Gasteiger partial charge in [-0.2, -0.15) is 0 Å². The van der Waals surface area contributed by atoms with Crippen molar-refractivity contribution in [3.63, 3.8) is 0 Å². The fraction of sp³-hybridized carbons (Fsp3) is 0.273. The number of benzene rings is 1. The number of phenols is 1. The van der Waals surface area contributed by atoms with Gasteiger partial charge in [-0.05, 0) is 6.07 Å². The third kappa shape index (κ3) is 2.06. The van der Waals surface area contributed by atoms with Gasteiger partial charge in [0.1, 0.15) is 12.5 Å². The van der Waals surface area contributed by atoms with E-state index in [9.17, 15) is 19.6 Å². The zero-order chi connectivity index (χ0) is 13.3. The van der Waals surface area contributed by atoms with E-state index in [1.54, 1.807) is 0 Å². The Morgan fingerprint density at radius 3 is 2.61 bits per heavy atom. The van der Waals surface area contributed by atoms with Gasteiger partial charge in [-0.3, -0.25) is 10.1 Å². The van der Waals surface area contributed by atoms with Crippen LogP contribution in [-0.2, 0) is 15.9 Å². The van der Waals surface area contributed by atoms with Gasteiger partial charge in [-0.25, -0.2) is 4.39 Å². The number of halogens is 1. The molecule has 2 rings (SSSR count). The van der Waals surface area contributed by atoms with Crippen LogP contribution in [0.1, 0.15) is 12.5 Å². The Hall–Kier alpha value is -2.31. The zero-order valence-electron chi connectivity index (χ0n) is 9.42. The molecule has 0 unspecified atom stereocenters. The molecule has 1 aliphatic heterocycles. The van der Waals surface area contributed by atoms with Crippen molar-refractivity contribution in [1.29, 1.82) is 0 Å². The highest BCUT2D eigenvalue weighted by Crippen LogP contribution is 2.33. The maximum atomic E-state index is 13.8. The van der Waals surface area contributed by atoms with Crippen LogP contribution in [0.3, 0.4) is 0 Å². The Kier molecular flexibility index (Phi) is 2.82. The van der Waals surface area contributed by atoms with Gasteiger partial charge in [0.2, 0.25) is 0 Å². The molecule has 1 aromatic rings. The second-order valence-electron chi connectivity index (χ2n) is 3.97. The standard InChI is InChI=1S/C11H10FNO5/c1-11(17-4-5-18-11)6-7-8(13(15)16)2-3-9(14)10(7)12/h2-5,14H,6H2,1H3. The summed E-state index contributed by atoms with van der Waals surface area (Å²) < 4.78 is 24.0. The summed E-state index contributed by atoms with van der Waals surface area (Å²) in [7, 11) is 0. The van der Waals surface area contributed by atoms with Crippen molar-refractivity contribution in [3.05, 3.63) is 46.2 Å². The first-order valence-corrected chi connectivity index (χ1v) is 5.08. The third-order valence-corrected chi connectivity index (χ3v) is 2.58. The maximum Gasteiger partial charge on any atom is 0.276 e. The number of nitro benzene ring substituents is 1. The Bertz CT molecular complexity index is 520. The summed E-state index contributed by atoms with van der Waals surface area (Å²) in [5.41, 5.74) is -0.683. The number of ether oxygens (including phenoxy) is 2. The summed E-state index contributed by atoms with van der Waals surface area (Å²) in [5, 5.41) is 20.1. The van der Waals surface area contributed by atoms with E-state index in [2.05, 4.69) is 0 Å². The minimum Gasteiger partial charge on any atom is -0.505 e. The zero-order valence-corrected chi connectivity index (χ0v) is 9.42. The lowest BCUT2D eigenvalue weighted by Crippen LogP contribution is -2.29. The average molecular weight is 255 g/mol. The van der Waals surface area contributed by atoms with Crippen LogP contribution in [0.5, 0.6) is 5.75 Å². The second kappa shape index (κ2) is 4.17. The molecule has 6 nitrogen and oxygen atoms in total. The van der Waals surface area contributed by atoms with Gasteiger partial charge < -0.3 is 14.6 Å². The lowest BCUT2D eigenvalue weighted by atomic mass is 10.0. The molecule has 1 N–H and O–H groups in total. The Morgan fingerprint density at radius 2 is 2.06 bits per heavy atom. The summed E-state index contributed by atoms with van der Waals surface area (Å²) in [5.74, 6) is -2.89. The molecule has 1 aromatic carbocycles. The van der Waals surface area contributed by atoms with E-state index in [1.165, 1.54) is 19.4 Å². The SMILES string of the molecule is CC1(Cc2c([N+](=O)[O-])ccc(O)c2F)OC=CO1. The van der Waals surface area contributed by atoms with Crippen molar-refractivity contribution >= 4 is 5.69 Å². The number of rotatable bonds is 3. The Morgan fingerprint density at radius 1 is 1.44 bits per heavy atom. The molecular weight excluding hydrogens is 245 g/mol. The van der Waals surface area contributed by atoms with Crippen LogP contribution >= 0.6 is 0 Å². The molecule has 0 aromatic heterocycles. The average Bonchev–Trinajstić information content (AvgIpc) is 2.72. The molecule has 0 saturated heterocycles. The molecule has 7 heteroatoms. The highest BCUT2D eigenvalue weighted by molar-refractivity contribution is 5.46. The van der Waals surface area contributed by atoms with Crippen molar-refractivity contribution in [2.24, 2.45) is 0 Å². The van der Waals surface area contributed by atoms with E-state index in [1.807, 2.05) is 0 Å². The summed E-state index contributed by atoms with van der Waals surface area (Å²) in [6, 6.07) is 1.98. The van der Waals surface area contributed by atoms with E-state index in [0.29, 0.717) is 0 Å². The molecule has 0 spiro atoms. The molecule has 1 aliphatic rings. The fourth-order valence-electron chi connectivity index (χ4n) is 1.71. The maximum absolute atomic E-state index is 13.8. The molecule has 0 bridgehead atoms. The lowest BCUT2D eigenvalue weighted by Gasteiger charge is -2.23. The van der Waals surface area contributed by atoms with E-state index in [4.69, 9.17) is 9.47 Å². The molecule has 96 valence electrons. The molecule has 0 radical (unpaired) electrons. The number of hydrogen-bond acceptors (Lipinski definition) is 5. The molecule has 1 heterocycles. The van der Waals surface area contributed by atoms with Gasteiger partial charge in [0.15, 0.2) is 11.6 Å². The van der Waals surface area contributed by atoms with Crippen LogP contribution in [0.4, 0.5) is 10.1 Å². The smallest absolute Gasteiger partial charge is 0.276 e. The van der Waals surface area contributed by atoms with Crippen LogP contribution in [0.15, 0.2) is 24.7 Å². The number of hydrogen-bond donors (Lipinski definition) is 1. The van der Waals surface area contributed by atoms with Gasteiger partial charge in [-0.1, -0.05) is 0 Å². The van der Waals surface area contributed by atoms with Gasteiger partial charge in [0.05, 0.1) is 16.9 Å². The van der Waals surface area contributed by atoms with Gasteiger partial charge in [-0.15, -0.1) is 0 Å². The van der Waals surface area contributed by atoms with Crippen LogP contribution in [0.25, 0.3) is 0 Å². The van der Waals surface area contributed by atoms with Crippen molar-refractivity contribution in [2.75, 3.05) is 0 Å². The fourth-order valence-corrected chi connectivity index (χ4v) is 1.71. The van der Waals surface area contributed by atoms with E-state index in [-0.39, 0.29) is 12.0 Å². The van der Waals surface area contributed by atoms with E-state index >= 15 is 0 Å². The van der Waals surface area contributed by atoms with Crippen LogP contribution in [0, 0.1) is 15.9 Å². The van der Waals surface area contributed by atoms with E-state index in [0.717, 1.165) is 12.1 Å². The number of phenolic OH excluding ortho intramolecular Hbond substituents is 1. The van der Waals surface area contributed by atoms with Crippen molar-refractivity contribution in [2.45, 2.75) is 19.1 Å². The van der Waals surface area contributed by atoms with Crippen LogP contribution < -0.4 is 0 Å². The predicted molar refractivity (Wildman–Crippen MR) is 58.1 cm³/mol. The normalized spacial score (nSPS) is 16.1. The lowest BCUT2D eigenvalue weighted by molar-refractivity contribution is -0.386. The number of aromatic hydroxyl groups is 1. The Labute approximate surface area is 101 Å². The first kappa shape index (κ1) is 12.2. The minimum atomic E-state index is -1.21. The van der Waals surface area contributed by atoms with Crippen LogP contribution in [0.2, 0.25) is 0 Å². The number of nitrogens with zero attached hydrogens (tertiary/aromatic N) is 1. The van der Waals surface area contributed by atoms with Gasteiger partial charge in [0, 0.05) is 13.0 Å². The first-order chi connectivity index (χ1) is 8.43. The van der Waals surface area contributed by atoms with E-state index < -0.39 is 28.0 Å². The highest BCUT2D eigenvalue weighted by Gasteiger charge is 2.35. The molecule has 0 fully saturated rings. The number of nitro groups is 1. The molecule has 0 amide bonds. The predicted octanol–water partition coefficient (Wildman–Crippen LogP) is 2.22. The molecule has 0 atom stereocenters. The van der Waals surface area contributed by atoms with Crippen molar-refractivity contribution < 1.29 is 23.9 Å². The summed E-state index contributed by atoms with van der Waals surface area (Å²) in [6.07, 6.45) is 2.34. The molecule has 0 aliphatic carbocycles. The quantitative estimate of drug-likeness (QED) is 0.661. The monoisotopic (exact) mass is 255 g/mol. The molecule has 18 heavy (non-hydrogen) atoms. The summed E-state index contributed by atoms with van der Waals surface area (Å²) in [4.78, 5) is 10.1. The molecular formula is C11H10FNO5. The van der Waals surface area contributed by atoms with Crippen LogP contribution in [-0.4, -0.2) is 15.8 Å². The summed E-state index contributed by atoms with van der Waals surface area (Å²) >= 11 is 0.